The first-order chi connectivity index (χ1) is 12.3. The molecule has 0 spiro atoms. The lowest BCUT2D eigenvalue weighted by molar-refractivity contribution is -0.133. The van der Waals surface area contributed by atoms with Crippen molar-refractivity contribution in [1.29, 1.82) is 0 Å². The molecule has 26 heavy (non-hydrogen) atoms. The first-order valence-electron chi connectivity index (χ1n) is 7.99. The number of anilines is 1. The highest BCUT2D eigenvalue weighted by Crippen LogP contribution is 2.34. The second-order valence-corrected chi connectivity index (χ2v) is 6.75. The molecule has 136 valence electrons. The molecule has 0 bridgehead atoms. The third-order valence-corrected chi connectivity index (χ3v) is 4.62. The zero-order valence-corrected chi connectivity index (χ0v) is 16.1. The normalized spacial score (nSPS) is 10.9. The standard InChI is InChI=1S/C18H18BrN3O4/c1-4-16(23)26-14-8-15(20-13-7-11(19)5-6-12(13)14)21-22-17(24)9(2)10(3)18(22)25/h5-8,24-25H,4H2,1-3H3,(H,20,21). The monoisotopic (exact) mass is 419 g/mol. The van der Waals surface area contributed by atoms with Crippen LogP contribution in [0.15, 0.2) is 28.7 Å². The summed E-state index contributed by atoms with van der Waals surface area (Å²) in [5.74, 6) is 0.0303. The molecule has 7 nitrogen and oxygen atoms in total. The van der Waals surface area contributed by atoms with Crippen LogP contribution in [0, 0.1) is 13.8 Å². The van der Waals surface area contributed by atoms with Gasteiger partial charge in [-0.05, 0) is 32.0 Å². The summed E-state index contributed by atoms with van der Waals surface area (Å²) in [4.78, 5) is 16.2. The topological polar surface area (TPSA) is 96.6 Å². The summed E-state index contributed by atoms with van der Waals surface area (Å²) in [6.07, 6.45) is 0.237. The number of esters is 1. The molecule has 0 aliphatic carbocycles. The van der Waals surface area contributed by atoms with Crippen molar-refractivity contribution < 1.29 is 19.7 Å². The molecular weight excluding hydrogens is 402 g/mol. The molecule has 2 aromatic heterocycles. The molecular formula is C18H18BrN3O4. The fourth-order valence-electron chi connectivity index (χ4n) is 2.50. The van der Waals surface area contributed by atoms with Gasteiger partial charge in [-0.1, -0.05) is 22.9 Å². The molecule has 0 unspecified atom stereocenters. The van der Waals surface area contributed by atoms with Crippen molar-refractivity contribution in [1.82, 2.24) is 9.66 Å². The smallest absolute Gasteiger partial charge is 0.310 e. The Hall–Kier alpha value is -2.74. The van der Waals surface area contributed by atoms with Crippen LogP contribution >= 0.6 is 15.9 Å². The van der Waals surface area contributed by atoms with Crippen LogP contribution in [0.1, 0.15) is 24.5 Å². The van der Waals surface area contributed by atoms with Gasteiger partial charge >= 0.3 is 5.97 Å². The summed E-state index contributed by atoms with van der Waals surface area (Å²) in [6, 6.07) is 6.97. The van der Waals surface area contributed by atoms with Crippen LogP contribution in [-0.4, -0.2) is 25.8 Å². The molecule has 2 heterocycles. The van der Waals surface area contributed by atoms with Gasteiger partial charge in [-0.15, -0.1) is 0 Å². The molecule has 1 aromatic carbocycles. The van der Waals surface area contributed by atoms with Gasteiger partial charge in [0.25, 0.3) is 0 Å². The third-order valence-electron chi connectivity index (χ3n) is 4.13. The highest BCUT2D eigenvalue weighted by molar-refractivity contribution is 9.10. The number of carbonyl (C=O) groups excluding carboxylic acids is 1. The van der Waals surface area contributed by atoms with Crippen molar-refractivity contribution in [3.8, 4) is 17.5 Å². The van der Waals surface area contributed by atoms with Crippen molar-refractivity contribution in [2.45, 2.75) is 27.2 Å². The number of rotatable bonds is 4. The van der Waals surface area contributed by atoms with Gasteiger partial charge in [0.05, 0.1) is 5.52 Å². The van der Waals surface area contributed by atoms with E-state index in [0.717, 1.165) is 9.15 Å². The minimum atomic E-state index is -0.371. The summed E-state index contributed by atoms with van der Waals surface area (Å²) in [7, 11) is 0. The summed E-state index contributed by atoms with van der Waals surface area (Å²) in [5.41, 5.74) is 4.53. The number of halogens is 1. The zero-order valence-electron chi connectivity index (χ0n) is 14.5. The number of aromatic hydroxyl groups is 2. The van der Waals surface area contributed by atoms with E-state index in [0.29, 0.717) is 33.6 Å². The van der Waals surface area contributed by atoms with Crippen molar-refractivity contribution in [2.75, 3.05) is 5.43 Å². The molecule has 0 amide bonds. The predicted octanol–water partition coefficient (Wildman–Crippen LogP) is 4.02. The van der Waals surface area contributed by atoms with E-state index >= 15 is 0 Å². The maximum atomic E-state index is 11.8. The van der Waals surface area contributed by atoms with Gasteiger partial charge in [-0.3, -0.25) is 10.2 Å². The van der Waals surface area contributed by atoms with Crippen LogP contribution < -0.4 is 10.2 Å². The number of nitrogens with zero attached hydrogens (tertiary/aromatic N) is 2. The fraction of sp³-hybridized carbons (Fsp3) is 0.222. The molecule has 0 saturated carbocycles. The first kappa shape index (κ1) is 18.1. The Morgan fingerprint density at radius 2 is 1.88 bits per heavy atom. The molecule has 0 atom stereocenters. The van der Waals surface area contributed by atoms with E-state index in [1.807, 2.05) is 6.07 Å². The zero-order chi connectivity index (χ0) is 19.0. The van der Waals surface area contributed by atoms with E-state index in [9.17, 15) is 15.0 Å². The fourth-order valence-corrected chi connectivity index (χ4v) is 2.85. The second kappa shape index (κ2) is 6.87. The van der Waals surface area contributed by atoms with Crippen molar-refractivity contribution in [3.63, 3.8) is 0 Å². The lowest BCUT2D eigenvalue weighted by Crippen LogP contribution is -2.11. The van der Waals surface area contributed by atoms with Crippen molar-refractivity contribution in [3.05, 3.63) is 39.9 Å². The SMILES string of the molecule is CCC(=O)Oc1cc(Nn2c(O)c(C)c(C)c2O)nc2cc(Br)ccc12. The molecule has 8 heteroatoms. The summed E-state index contributed by atoms with van der Waals surface area (Å²) >= 11 is 3.40. The molecule has 3 rings (SSSR count). The van der Waals surface area contributed by atoms with Gasteiger partial charge in [0.15, 0.2) is 0 Å². The van der Waals surface area contributed by atoms with E-state index in [1.165, 1.54) is 0 Å². The summed E-state index contributed by atoms with van der Waals surface area (Å²) in [5, 5.41) is 21.1. The number of aromatic nitrogens is 2. The second-order valence-electron chi connectivity index (χ2n) is 5.84. The Bertz CT molecular complexity index is 988. The molecule has 0 radical (unpaired) electrons. The number of benzene rings is 1. The Balaban J connectivity index is 2.11. The van der Waals surface area contributed by atoms with Gasteiger partial charge in [-0.2, -0.15) is 4.68 Å². The van der Waals surface area contributed by atoms with Gasteiger partial charge < -0.3 is 14.9 Å². The highest BCUT2D eigenvalue weighted by Gasteiger charge is 2.18. The number of ether oxygens (including phenoxy) is 1. The molecule has 0 aliphatic rings. The number of hydrogen-bond donors (Lipinski definition) is 3. The number of fused-ring (bicyclic) bond motifs is 1. The molecule has 0 saturated heterocycles. The summed E-state index contributed by atoms with van der Waals surface area (Å²) in [6.45, 7) is 5.10. The number of hydrogen-bond acceptors (Lipinski definition) is 6. The Kier molecular flexibility index (Phi) is 4.78. The molecule has 3 aromatic rings. The van der Waals surface area contributed by atoms with E-state index in [4.69, 9.17) is 4.74 Å². The molecule has 0 fully saturated rings. The van der Waals surface area contributed by atoms with Gasteiger partial charge in [0, 0.05) is 33.5 Å². The van der Waals surface area contributed by atoms with Gasteiger partial charge in [0.1, 0.15) is 11.6 Å². The van der Waals surface area contributed by atoms with Gasteiger partial charge in [0.2, 0.25) is 11.8 Å². The minimum absolute atomic E-state index is 0.122. The maximum absolute atomic E-state index is 11.8. The average molecular weight is 420 g/mol. The van der Waals surface area contributed by atoms with E-state index in [1.54, 1.807) is 39.0 Å². The predicted molar refractivity (Wildman–Crippen MR) is 102 cm³/mol. The number of nitrogens with one attached hydrogen (secondary N) is 1. The molecule has 0 aliphatic heterocycles. The van der Waals surface area contributed by atoms with E-state index in [-0.39, 0.29) is 24.2 Å². The largest absolute Gasteiger partial charge is 0.493 e. The lowest BCUT2D eigenvalue weighted by Gasteiger charge is -2.13. The first-order valence-corrected chi connectivity index (χ1v) is 8.79. The van der Waals surface area contributed by atoms with Crippen LogP contribution in [0.5, 0.6) is 17.5 Å². The van der Waals surface area contributed by atoms with Crippen LogP contribution in [-0.2, 0) is 4.79 Å². The third kappa shape index (κ3) is 3.20. The van der Waals surface area contributed by atoms with Crippen LogP contribution in [0.3, 0.4) is 0 Å². The van der Waals surface area contributed by atoms with Crippen molar-refractivity contribution >= 4 is 38.6 Å². The van der Waals surface area contributed by atoms with Crippen LogP contribution in [0.25, 0.3) is 10.9 Å². The maximum Gasteiger partial charge on any atom is 0.310 e. The summed E-state index contributed by atoms with van der Waals surface area (Å²) < 4.78 is 7.36. The Morgan fingerprint density at radius 1 is 1.23 bits per heavy atom. The molecule has 3 N–H and O–H groups in total. The van der Waals surface area contributed by atoms with Crippen molar-refractivity contribution in [2.24, 2.45) is 0 Å². The minimum Gasteiger partial charge on any atom is -0.493 e. The van der Waals surface area contributed by atoms with Crippen LogP contribution in [0.2, 0.25) is 0 Å². The highest BCUT2D eigenvalue weighted by atomic mass is 79.9. The van der Waals surface area contributed by atoms with Gasteiger partial charge in [-0.25, -0.2) is 4.98 Å². The quantitative estimate of drug-likeness (QED) is 0.552. The Labute approximate surface area is 158 Å². The number of carbonyl (C=O) groups is 1. The average Bonchev–Trinajstić information content (AvgIpc) is 2.79. The lowest BCUT2D eigenvalue weighted by atomic mass is 10.2. The Morgan fingerprint density at radius 3 is 2.50 bits per heavy atom. The van der Waals surface area contributed by atoms with Crippen LogP contribution in [0.4, 0.5) is 5.82 Å². The van der Waals surface area contributed by atoms with E-state index < -0.39 is 0 Å². The van der Waals surface area contributed by atoms with E-state index in [2.05, 4.69) is 26.3 Å². The number of pyridine rings is 1.